The minimum absolute atomic E-state index is 0.291. The van der Waals surface area contributed by atoms with Gasteiger partial charge in [0.2, 0.25) is 0 Å². The summed E-state index contributed by atoms with van der Waals surface area (Å²) in [5.41, 5.74) is 1.30. The molecule has 1 aromatic heterocycles. The van der Waals surface area contributed by atoms with E-state index >= 15 is 0 Å². The van der Waals surface area contributed by atoms with Gasteiger partial charge in [-0.15, -0.1) is 11.3 Å². The van der Waals surface area contributed by atoms with Gasteiger partial charge in [0.1, 0.15) is 5.69 Å². The fourth-order valence-corrected chi connectivity index (χ4v) is 2.51. The molecule has 110 valence electrons. The van der Waals surface area contributed by atoms with Crippen LogP contribution in [0.2, 0.25) is 0 Å². The highest BCUT2D eigenvalue weighted by atomic mass is 32.1. The first-order valence-corrected chi connectivity index (χ1v) is 7.34. The Morgan fingerprint density at radius 1 is 1.33 bits per heavy atom. The molecule has 21 heavy (non-hydrogen) atoms. The molecule has 0 bridgehead atoms. The summed E-state index contributed by atoms with van der Waals surface area (Å²) in [5.74, 6) is -0.443. The van der Waals surface area contributed by atoms with Gasteiger partial charge in [0.15, 0.2) is 0 Å². The standard InChI is InChI=1S/C15H16N2O3S/c1-9(2)14-17-12(8-21-14)13(18)16-11-6-4-5-10(7-11)15(19)20-3/h4-9H,1-3H3,(H,16,18). The Morgan fingerprint density at radius 2 is 2.10 bits per heavy atom. The van der Waals surface area contributed by atoms with E-state index in [0.29, 0.717) is 22.9 Å². The van der Waals surface area contributed by atoms with Gasteiger partial charge in [-0.1, -0.05) is 19.9 Å². The number of ether oxygens (including phenoxy) is 1. The highest BCUT2D eigenvalue weighted by Crippen LogP contribution is 2.20. The van der Waals surface area contributed by atoms with Crippen LogP contribution in [0.5, 0.6) is 0 Å². The highest BCUT2D eigenvalue weighted by molar-refractivity contribution is 7.09. The third-order valence-corrected chi connectivity index (χ3v) is 3.94. The number of nitrogens with one attached hydrogen (secondary N) is 1. The number of benzene rings is 1. The molecule has 0 unspecified atom stereocenters. The quantitative estimate of drug-likeness (QED) is 0.880. The number of methoxy groups -OCH3 is 1. The van der Waals surface area contributed by atoms with E-state index < -0.39 is 5.97 Å². The molecule has 0 aliphatic carbocycles. The second kappa shape index (κ2) is 6.49. The number of nitrogens with zero attached hydrogens (tertiary/aromatic N) is 1. The summed E-state index contributed by atoms with van der Waals surface area (Å²) in [5, 5.41) is 5.38. The van der Waals surface area contributed by atoms with E-state index in [0.717, 1.165) is 5.01 Å². The molecule has 0 atom stereocenters. The normalized spacial score (nSPS) is 10.5. The van der Waals surface area contributed by atoms with Gasteiger partial charge in [-0.3, -0.25) is 4.79 Å². The van der Waals surface area contributed by atoms with Crippen molar-refractivity contribution in [3.63, 3.8) is 0 Å². The van der Waals surface area contributed by atoms with Gasteiger partial charge in [-0.2, -0.15) is 0 Å². The first kappa shape index (κ1) is 15.2. The molecular formula is C15H16N2O3S. The molecule has 0 aliphatic rings. The summed E-state index contributed by atoms with van der Waals surface area (Å²) in [6.45, 7) is 4.06. The van der Waals surface area contributed by atoms with Crippen molar-refractivity contribution < 1.29 is 14.3 Å². The zero-order valence-corrected chi connectivity index (χ0v) is 12.9. The summed E-state index contributed by atoms with van der Waals surface area (Å²) in [6.07, 6.45) is 0. The van der Waals surface area contributed by atoms with Crippen LogP contribution < -0.4 is 5.32 Å². The van der Waals surface area contributed by atoms with Crippen LogP contribution in [-0.2, 0) is 4.74 Å². The van der Waals surface area contributed by atoms with Crippen molar-refractivity contribution in [3.8, 4) is 0 Å². The first-order chi connectivity index (χ1) is 10.0. The minimum atomic E-state index is -0.443. The van der Waals surface area contributed by atoms with E-state index in [1.807, 2.05) is 13.8 Å². The molecule has 0 aliphatic heterocycles. The summed E-state index contributed by atoms with van der Waals surface area (Å²) in [6, 6.07) is 6.59. The van der Waals surface area contributed by atoms with Crippen LogP contribution in [0.25, 0.3) is 0 Å². The molecule has 0 fully saturated rings. The van der Waals surface area contributed by atoms with Gasteiger partial charge in [0.25, 0.3) is 5.91 Å². The van der Waals surface area contributed by atoms with Crippen molar-refractivity contribution >= 4 is 28.9 Å². The van der Waals surface area contributed by atoms with Gasteiger partial charge in [0.05, 0.1) is 17.7 Å². The predicted molar refractivity (Wildman–Crippen MR) is 81.9 cm³/mol. The lowest BCUT2D eigenvalue weighted by atomic mass is 10.2. The number of thiazole rings is 1. The monoisotopic (exact) mass is 304 g/mol. The fraction of sp³-hybridized carbons (Fsp3) is 0.267. The maximum atomic E-state index is 12.1. The zero-order chi connectivity index (χ0) is 15.4. The third kappa shape index (κ3) is 3.66. The SMILES string of the molecule is COC(=O)c1cccc(NC(=O)c2csc(C(C)C)n2)c1. The Labute approximate surface area is 127 Å². The second-order valence-electron chi connectivity index (χ2n) is 4.75. The number of aromatic nitrogens is 1. The highest BCUT2D eigenvalue weighted by Gasteiger charge is 2.13. The largest absolute Gasteiger partial charge is 0.465 e. The van der Waals surface area contributed by atoms with E-state index in [-0.39, 0.29) is 5.91 Å². The van der Waals surface area contributed by atoms with Crippen molar-refractivity contribution in [1.82, 2.24) is 4.98 Å². The second-order valence-corrected chi connectivity index (χ2v) is 5.64. The predicted octanol–water partition coefficient (Wildman–Crippen LogP) is 3.31. The van der Waals surface area contributed by atoms with Crippen LogP contribution in [0.15, 0.2) is 29.6 Å². The Hall–Kier alpha value is -2.21. The van der Waals surface area contributed by atoms with Crippen molar-refractivity contribution in [3.05, 3.63) is 45.9 Å². The Balaban J connectivity index is 2.13. The Bertz CT molecular complexity index is 664. The van der Waals surface area contributed by atoms with E-state index in [4.69, 9.17) is 0 Å². The summed E-state index contributed by atoms with van der Waals surface area (Å²) < 4.78 is 4.65. The van der Waals surface area contributed by atoms with Gasteiger partial charge in [0, 0.05) is 17.0 Å². The zero-order valence-electron chi connectivity index (χ0n) is 12.0. The molecular weight excluding hydrogens is 288 g/mol. The van der Waals surface area contributed by atoms with Gasteiger partial charge >= 0.3 is 5.97 Å². The van der Waals surface area contributed by atoms with Gasteiger partial charge in [-0.05, 0) is 18.2 Å². The Morgan fingerprint density at radius 3 is 2.71 bits per heavy atom. The van der Waals surface area contributed by atoms with Crippen LogP contribution in [0, 0.1) is 0 Å². The number of amides is 1. The summed E-state index contributed by atoms with van der Waals surface area (Å²) in [4.78, 5) is 27.9. The molecule has 1 aromatic carbocycles. The molecule has 1 amide bonds. The number of esters is 1. The smallest absolute Gasteiger partial charge is 0.337 e. The number of anilines is 1. The molecule has 0 saturated heterocycles. The molecule has 2 aromatic rings. The van der Waals surface area contributed by atoms with E-state index in [9.17, 15) is 9.59 Å². The average Bonchev–Trinajstić information content (AvgIpc) is 2.97. The molecule has 6 heteroatoms. The van der Waals surface area contributed by atoms with Crippen LogP contribution in [0.1, 0.15) is 45.6 Å². The lowest BCUT2D eigenvalue weighted by molar-refractivity contribution is 0.0600. The lowest BCUT2D eigenvalue weighted by Gasteiger charge is -2.05. The van der Waals surface area contributed by atoms with Crippen LogP contribution in [0.4, 0.5) is 5.69 Å². The maximum Gasteiger partial charge on any atom is 0.337 e. The lowest BCUT2D eigenvalue weighted by Crippen LogP contribution is -2.13. The van der Waals surface area contributed by atoms with Crippen LogP contribution in [0.3, 0.4) is 0 Å². The van der Waals surface area contributed by atoms with Gasteiger partial charge < -0.3 is 10.1 Å². The van der Waals surface area contributed by atoms with Gasteiger partial charge in [-0.25, -0.2) is 9.78 Å². The first-order valence-electron chi connectivity index (χ1n) is 6.46. The molecule has 1 N–H and O–H groups in total. The number of carbonyl (C=O) groups is 2. The van der Waals surface area contributed by atoms with Crippen molar-refractivity contribution in [1.29, 1.82) is 0 Å². The molecule has 5 nitrogen and oxygen atoms in total. The van der Waals surface area contributed by atoms with Crippen molar-refractivity contribution in [2.24, 2.45) is 0 Å². The molecule has 0 saturated carbocycles. The topological polar surface area (TPSA) is 68.3 Å². The number of carbonyl (C=O) groups excluding carboxylic acids is 2. The molecule has 1 heterocycles. The molecule has 0 spiro atoms. The fourth-order valence-electron chi connectivity index (χ4n) is 1.69. The summed E-state index contributed by atoms with van der Waals surface area (Å²) in [7, 11) is 1.32. The van der Waals surface area contributed by atoms with E-state index in [2.05, 4.69) is 15.0 Å². The average molecular weight is 304 g/mol. The van der Waals surface area contributed by atoms with Crippen molar-refractivity contribution in [2.75, 3.05) is 12.4 Å². The van der Waals surface area contributed by atoms with E-state index in [1.165, 1.54) is 18.4 Å². The molecule has 0 radical (unpaired) electrons. The molecule has 2 rings (SSSR count). The van der Waals surface area contributed by atoms with Crippen molar-refractivity contribution in [2.45, 2.75) is 19.8 Å². The summed E-state index contributed by atoms with van der Waals surface area (Å²) >= 11 is 1.46. The Kier molecular flexibility index (Phi) is 4.70. The van der Waals surface area contributed by atoms with E-state index in [1.54, 1.807) is 29.6 Å². The van der Waals surface area contributed by atoms with Crippen LogP contribution in [-0.4, -0.2) is 24.0 Å². The number of hydrogen-bond acceptors (Lipinski definition) is 5. The van der Waals surface area contributed by atoms with Crippen LogP contribution >= 0.6 is 11.3 Å². The number of hydrogen-bond donors (Lipinski definition) is 1. The maximum absolute atomic E-state index is 12.1. The third-order valence-electron chi connectivity index (χ3n) is 2.79. The number of rotatable bonds is 4. The minimum Gasteiger partial charge on any atom is -0.465 e.